The van der Waals surface area contributed by atoms with Crippen LogP contribution in [0.3, 0.4) is 0 Å². The van der Waals surface area contributed by atoms with Crippen LogP contribution in [0.25, 0.3) is 0 Å². The molecule has 1 aromatic carbocycles. The highest BCUT2D eigenvalue weighted by molar-refractivity contribution is 5.74. The van der Waals surface area contributed by atoms with Crippen molar-refractivity contribution in [2.24, 2.45) is 0 Å². The van der Waals surface area contributed by atoms with Crippen LogP contribution in [0.15, 0.2) is 24.3 Å². The maximum absolute atomic E-state index is 12.3. The number of carbonyl (C=O) groups is 1. The summed E-state index contributed by atoms with van der Waals surface area (Å²) >= 11 is 0. The minimum atomic E-state index is 0.0654. The summed E-state index contributed by atoms with van der Waals surface area (Å²) in [4.78, 5) is 14.3. The SMILES string of the molecule is Cc1ccccc1OCCCNC(=O)N1C(C)CCCC1C. The lowest BCUT2D eigenvalue weighted by Crippen LogP contribution is -2.52. The van der Waals surface area contributed by atoms with Crippen molar-refractivity contribution in [1.82, 2.24) is 10.2 Å². The Morgan fingerprint density at radius 2 is 1.95 bits per heavy atom. The Morgan fingerprint density at radius 1 is 1.27 bits per heavy atom. The minimum absolute atomic E-state index is 0.0654. The van der Waals surface area contributed by atoms with Crippen LogP contribution in [0.2, 0.25) is 0 Å². The average Bonchev–Trinajstić information content (AvgIpc) is 2.48. The van der Waals surface area contributed by atoms with Crippen molar-refractivity contribution in [2.45, 2.75) is 58.5 Å². The zero-order valence-electron chi connectivity index (χ0n) is 14.0. The molecule has 1 N–H and O–H groups in total. The van der Waals surface area contributed by atoms with Crippen molar-refractivity contribution in [3.63, 3.8) is 0 Å². The van der Waals surface area contributed by atoms with Gasteiger partial charge in [0.2, 0.25) is 0 Å². The molecule has 4 heteroatoms. The fourth-order valence-electron chi connectivity index (χ4n) is 3.08. The van der Waals surface area contributed by atoms with Crippen LogP contribution >= 0.6 is 0 Å². The second-order valence-corrected chi connectivity index (χ2v) is 6.24. The number of carbonyl (C=O) groups excluding carboxylic acids is 1. The van der Waals surface area contributed by atoms with Gasteiger partial charge in [-0.1, -0.05) is 18.2 Å². The van der Waals surface area contributed by atoms with Crippen molar-refractivity contribution >= 4 is 6.03 Å². The molecule has 0 aromatic heterocycles. The number of likely N-dealkylation sites (tertiary alicyclic amines) is 1. The van der Waals surface area contributed by atoms with E-state index in [4.69, 9.17) is 4.74 Å². The van der Waals surface area contributed by atoms with Gasteiger partial charge in [0.15, 0.2) is 0 Å². The summed E-state index contributed by atoms with van der Waals surface area (Å²) in [5.41, 5.74) is 1.14. The Labute approximate surface area is 133 Å². The maximum atomic E-state index is 12.3. The molecule has 2 rings (SSSR count). The standard InChI is InChI=1S/C18H28N2O2/c1-14-8-4-5-11-17(14)22-13-7-12-19-18(21)20-15(2)9-6-10-16(20)3/h4-5,8,11,15-16H,6-7,9-10,12-13H2,1-3H3,(H,19,21). The first-order chi connectivity index (χ1) is 10.6. The molecule has 1 aliphatic heterocycles. The van der Waals surface area contributed by atoms with Crippen LogP contribution < -0.4 is 10.1 Å². The molecule has 1 fully saturated rings. The first kappa shape index (κ1) is 16.7. The van der Waals surface area contributed by atoms with Gasteiger partial charge in [0.05, 0.1) is 6.61 Å². The molecule has 1 heterocycles. The summed E-state index contributed by atoms with van der Waals surface area (Å²) in [6.45, 7) is 7.58. The zero-order valence-corrected chi connectivity index (χ0v) is 14.0. The summed E-state index contributed by atoms with van der Waals surface area (Å²) in [7, 11) is 0. The first-order valence-electron chi connectivity index (χ1n) is 8.34. The number of benzene rings is 1. The number of hydrogen-bond donors (Lipinski definition) is 1. The molecule has 2 amide bonds. The molecule has 0 saturated carbocycles. The van der Waals surface area contributed by atoms with E-state index in [-0.39, 0.29) is 6.03 Å². The molecule has 122 valence electrons. The molecule has 0 bridgehead atoms. The van der Waals surface area contributed by atoms with Crippen LogP contribution in [0.1, 0.15) is 45.1 Å². The van der Waals surface area contributed by atoms with E-state index in [2.05, 4.69) is 19.2 Å². The molecule has 2 unspecified atom stereocenters. The van der Waals surface area contributed by atoms with Crippen LogP contribution in [0, 0.1) is 6.92 Å². The van der Waals surface area contributed by atoms with Crippen molar-refractivity contribution in [3.8, 4) is 5.75 Å². The summed E-state index contributed by atoms with van der Waals surface area (Å²) in [5, 5.41) is 3.02. The van der Waals surface area contributed by atoms with Gasteiger partial charge < -0.3 is 15.0 Å². The minimum Gasteiger partial charge on any atom is -0.493 e. The molecule has 22 heavy (non-hydrogen) atoms. The van der Waals surface area contributed by atoms with Crippen molar-refractivity contribution < 1.29 is 9.53 Å². The molecule has 0 spiro atoms. The number of para-hydroxylation sites is 1. The van der Waals surface area contributed by atoms with E-state index in [0.717, 1.165) is 30.6 Å². The zero-order chi connectivity index (χ0) is 15.9. The van der Waals surface area contributed by atoms with Gasteiger partial charge in [-0.05, 0) is 58.1 Å². The summed E-state index contributed by atoms with van der Waals surface area (Å²) in [6.07, 6.45) is 4.25. The lowest BCUT2D eigenvalue weighted by molar-refractivity contribution is 0.123. The fraction of sp³-hybridized carbons (Fsp3) is 0.611. The number of nitrogens with zero attached hydrogens (tertiary/aromatic N) is 1. The van der Waals surface area contributed by atoms with Gasteiger partial charge in [-0.3, -0.25) is 0 Å². The van der Waals surface area contributed by atoms with Gasteiger partial charge in [0.1, 0.15) is 5.75 Å². The Kier molecular flexibility index (Phi) is 6.10. The molecular weight excluding hydrogens is 276 g/mol. The highest BCUT2D eigenvalue weighted by Crippen LogP contribution is 2.22. The Morgan fingerprint density at radius 3 is 2.64 bits per heavy atom. The molecule has 0 radical (unpaired) electrons. The number of nitrogens with one attached hydrogen (secondary N) is 1. The number of rotatable bonds is 5. The lowest BCUT2D eigenvalue weighted by Gasteiger charge is -2.38. The molecule has 1 aromatic rings. The van der Waals surface area contributed by atoms with Crippen molar-refractivity contribution in [2.75, 3.05) is 13.2 Å². The van der Waals surface area contributed by atoms with Crippen LogP contribution in [-0.4, -0.2) is 36.2 Å². The second-order valence-electron chi connectivity index (χ2n) is 6.24. The smallest absolute Gasteiger partial charge is 0.317 e. The molecule has 0 aliphatic carbocycles. The maximum Gasteiger partial charge on any atom is 0.317 e. The summed E-state index contributed by atoms with van der Waals surface area (Å²) < 4.78 is 5.74. The Bertz CT molecular complexity index is 480. The summed E-state index contributed by atoms with van der Waals surface area (Å²) in [6, 6.07) is 8.74. The van der Waals surface area contributed by atoms with E-state index in [1.807, 2.05) is 36.1 Å². The molecule has 1 aliphatic rings. The van der Waals surface area contributed by atoms with Crippen molar-refractivity contribution in [3.05, 3.63) is 29.8 Å². The van der Waals surface area contributed by atoms with E-state index in [1.165, 1.54) is 6.42 Å². The fourth-order valence-corrected chi connectivity index (χ4v) is 3.08. The second kappa shape index (κ2) is 8.06. The summed E-state index contributed by atoms with van der Waals surface area (Å²) in [5.74, 6) is 0.923. The molecular formula is C18H28N2O2. The van der Waals surface area contributed by atoms with Gasteiger partial charge in [-0.15, -0.1) is 0 Å². The topological polar surface area (TPSA) is 41.6 Å². The van der Waals surface area contributed by atoms with Gasteiger partial charge >= 0.3 is 6.03 Å². The monoisotopic (exact) mass is 304 g/mol. The van der Waals surface area contributed by atoms with Crippen LogP contribution in [0.4, 0.5) is 4.79 Å². The third kappa shape index (κ3) is 4.39. The average molecular weight is 304 g/mol. The van der Waals surface area contributed by atoms with Gasteiger partial charge in [-0.2, -0.15) is 0 Å². The molecule has 4 nitrogen and oxygen atoms in total. The first-order valence-corrected chi connectivity index (χ1v) is 8.34. The quantitative estimate of drug-likeness (QED) is 0.842. The van der Waals surface area contributed by atoms with Gasteiger partial charge in [0, 0.05) is 18.6 Å². The number of aryl methyl sites for hydroxylation is 1. The number of piperidine rings is 1. The third-order valence-electron chi connectivity index (χ3n) is 4.38. The van der Waals surface area contributed by atoms with Crippen LogP contribution in [0.5, 0.6) is 5.75 Å². The highest BCUT2D eigenvalue weighted by Gasteiger charge is 2.28. The predicted molar refractivity (Wildman–Crippen MR) is 89.3 cm³/mol. The van der Waals surface area contributed by atoms with Gasteiger partial charge in [0.25, 0.3) is 0 Å². The predicted octanol–water partition coefficient (Wildman–Crippen LogP) is 3.74. The van der Waals surface area contributed by atoms with E-state index in [1.54, 1.807) is 0 Å². The van der Waals surface area contributed by atoms with Gasteiger partial charge in [-0.25, -0.2) is 4.79 Å². The number of urea groups is 1. The Balaban J connectivity index is 1.68. The normalized spacial score (nSPS) is 21.5. The van der Waals surface area contributed by atoms with E-state index >= 15 is 0 Å². The number of amides is 2. The third-order valence-corrected chi connectivity index (χ3v) is 4.38. The lowest BCUT2D eigenvalue weighted by atomic mass is 9.98. The number of hydrogen-bond acceptors (Lipinski definition) is 2. The molecule has 2 atom stereocenters. The van der Waals surface area contributed by atoms with Crippen LogP contribution in [-0.2, 0) is 0 Å². The largest absolute Gasteiger partial charge is 0.493 e. The van der Waals surface area contributed by atoms with Crippen molar-refractivity contribution in [1.29, 1.82) is 0 Å². The molecule has 1 saturated heterocycles. The van der Waals surface area contributed by atoms with E-state index < -0.39 is 0 Å². The highest BCUT2D eigenvalue weighted by atomic mass is 16.5. The number of ether oxygens (including phenoxy) is 1. The Hall–Kier alpha value is -1.71. The van der Waals surface area contributed by atoms with E-state index in [0.29, 0.717) is 25.2 Å². The van der Waals surface area contributed by atoms with E-state index in [9.17, 15) is 4.79 Å².